The molecule has 0 aromatic heterocycles. The number of amides is 3. The summed E-state index contributed by atoms with van der Waals surface area (Å²) in [5.74, 6) is -1.09. The number of carbonyl (C=O) groups is 3. The van der Waals surface area contributed by atoms with Crippen molar-refractivity contribution < 1.29 is 19.5 Å². The highest BCUT2D eigenvalue weighted by Crippen LogP contribution is 2.27. The summed E-state index contributed by atoms with van der Waals surface area (Å²) in [7, 11) is 0. The highest BCUT2D eigenvalue weighted by atomic mass is 35.5. The third kappa shape index (κ3) is 4.80. The number of unbranched alkanes of at least 4 members (excludes halogenated alkanes) is 1. The average molecular weight is 366 g/mol. The largest absolute Gasteiger partial charge is 0.395 e. The fourth-order valence-corrected chi connectivity index (χ4v) is 2.54. The van der Waals surface area contributed by atoms with Crippen LogP contribution in [0, 0.1) is 0 Å². The highest BCUT2D eigenvalue weighted by molar-refractivity contribution is 6.34. The number of aliphatic hydroxyl groups is 1. The molecule has 0 saturated heterocycles. The number of benzene rings is 1. The summed E-state index contributed by atoms with van der Waals surface area (Å²) >= 11 is 6.17. The van der Waals surface area contributed by atoms with Crippen LogP contribution in [0.4, 0.5) is 11.4 Å². The number of nitrogens with zero attached hydrogens (tertiary/aromatic N) is 1. The smallest absolute Gasteiger partial charge is 0.277 e. The molecule has 0 aliphatic carbocycles. The lowest BCUT2D eigenvalue weighted by atomic mass is 10.2. The fourth-order valence-electron chi connectivity index (χ4n) is 2.31. The number of aliphatic hydroxyl groups excluding tert-OH is 1. The standard InChI is InChI=1S/C17H20ClN3O4/c1-2-3-4-15(23)20-13-6-5-11(9-12(13)18)19-14-10-16(24)21(7-8-22)17(14)25/h5-6,9-10,19,22H,2-4,7-8H2,1H3,(H,20,23). The van der Waals surface area contributed by atoms with E-state index in [-0.39, 0.29) is 24.8 Å². The number of hydrogen-bond acceptors (Lipinski definition) is 5. The van der Waals surface area contributed by atoms with Crippen LogP contribution in [-0.4, -0.2) is 40.9 Å². The zero-order chi connectivity index (χ0) is 18.4. The van der Waals surface area contributed by atoms with Crippen LogP contribution in [0.3, 0.4) is 0 Å². The number of anilines is 2. The van der Waals surface area contributed by atoms with Crippen LogP contribution in [0.2, 0.25) is 5.02 Å². The van der Waals surface area contributed by atoms with Crippen LogP contribution in [0.5, 0.6) is 0 Å². The summed E-state index contributed by atoms with van der Waals surface area (Å²) in [6, 6.07) is 4.83. The van der Waals surface area contributed by atoms with Crippen molar-refractivity contribution in [3.63, 3.8) is 0 Å². The maximum absolute atomic E-state index is 12.1. The van der Waals surface area contributed by atoms with Gasteiger partial charge in [-0.15, -0.1) is 0 Å². The molecule has 1 aliphatic heterocycles. The molecule has 0 radical (unpaired) electrons. The average Bonchev–Trinajstić information content (AvgIpc) is 2.83. The van der Waals surface area contributed by atoms with Crippen molar-refractivity contribution >= 4 is 40.7 Å². The molecule has 3 N–H and O–H groups in total. The number of imide groups is 1. The van der Waals surface area contributed by atoms with Crippen molar-refractivity contribution in [1.29, 1.82) is 0 Å². The second kappa shape index (κ2) is 8.64. The molecule has 0 spiro atoms. The first-order chi connectivity index (χ1) is 12.0. The molecule has 0 atom stereocenters. The molecule has 1 aromatic carbocycles. The Hall–Kier alpha value is -2.38. The van der Waals surface area contributed by atoms with Gasteiger partial charge in [-0.2, -0.15) is 0 Å². The maximum atomic E-state index is 12.1. The van der Waals surface area contributed by atoms with Crippen molar-refractivity contribution in [3.05, 3.63) is 35.0 Å². The van der Waals surface area contributed by atoms with E-state index in [2.05, 4.69) is 10.6 Å². The minimum Gasteiger partial charge on any atom is -0.395 e. The number of carbonyl (C=O) groups excluding carboxylic acids is 3. The van der Waals surface area contributed by atoms with Gasteiger partial charge in [-0.25, -0.2) is 0 Å². The summed E-state index contributed by atoms with van der Waals surface area (Å²) in [5.41, 5.74) is 1.10. The molecule has 0 fully saturated rings. The quantitative estimate of drug-likeness (QED) is 0.613. The molecular formula is C17H20ClN3O4. The second-order valence-corrected chi connectivity index (χ2v) is 5.96. The third-order valence-corrected chi connectivity index (χ3v) is 3.93. The van der Waals surface area contributed by atoms with Crippen molar-refractivity contribution in [3.8, 4) is 0 Å². The van der Waals surface area contributed by atoms with Gasteiger partial charge in [0, 0.05) is 18.2 Å². The monoisotopic (exact) mass is 365 g/mol. The second-order valence-electron chi connectivity index (χ2n) is 5.55. The lowest BCUT2D eigenvalue weighted by molar-refractivity contribution is -0.137. The van der Waals surface area contributed by atoms with E-state index in [4.69, 9.17) is 16.7 Å². The zero-order valence-corrected chi connectivity index (χ0v) is 14.6. The summed E-state index contributed by atoms with van der Waals surface area (Å²) in [6.45, 7) is 1.66. The zero-order valence-electron chi connectivity index (χ0n) is 13.8. The Morgan fingerprint density at radius 3 is 2.72 bits per heavy atom. The molecule has 8 heteroatoms. The van der Waals surface area contributed by atoms with Crippen LogP contribution < -0.4 is 10.6 Å². The van der Waals surface area contributed by atoms with Crippen LogP contribution in [-0.2, 0) is 14.4 Å². The van der Waals surface area contributed by atoms with Gasteiger partial charge in [-0.3, -0.25) is 19.3 Å². The molecule has 134 valence electrons. The van der Waals surface area contributed by atoms with Crippen LogP contribution >= 0.6 is 11.6 Å². The van der Waals surface area contributed by atoms with Gasteiger partial charge in [-0.05, 0) is 24.6 Å². The van der Waals surface area contributed by atoms with Gasteiger partial charge in [0.1, 0.15) is 5.70 Å². The van der Waals surface area contributed by atoms with Gasteiger partial charge in [-0.1, -0.05) is 24.9 Å². The normalized spacial score (nSPS) is 13.9. The van der Waals surface area contributed by atoms with E-state index in [0.717, 1.165) is 17.7 Å². The first-order valence-electron chi connectivity index (χ1n) is 8.01. The Morgan fingerprint density at radius 1 is 1.32 bits per heavy atom. The van der Waals surface area contributed by atoms with Gasteiger partial charge in [0.15, 0.2) is 0 Å². The van der Waals surface area contributed by atoms with Gasteiger partial charge >= 0.3 is 0 Å². The van der Waals surface area contributed by atoms with Crippen molar-refractivity contribution in [2.45, 2.75) is 26.2 Å². The summed E-state index contributed by atoms with van der Waals surface area (Å²) in [4.78, 5) is 36.5. The van der Waals surface area contributed by atoms with Crippen molar-refractivity contribution in [2.24, 2.45) is 0 Å². The lowest BCUT2D eigenvalue weighted by Gasteiger charge is -2.14. The van der Waals surface area contributed by atoms with Crippen LogP contribution in [0.1, 0.15) is 26.2 Å². The first-order valence-corrected chi connectivity index (χ1v) is 8.39. The van der Waals surface area contributed by atoms with Gasteiger partial charge < -0.3 is 15.7 Å². The van der Waals surface area contributed by atoms with E-state index >= 15 is 0 Å². The SMILES string of the molecule is CCCCC(=O)Nc1ccc(NC2=CC(=O)N(CCO)C2=O)cc1Cl. The Morgan fingerprint density at radius 2 is 2.08 bits per heavy atom. The molecule has 0 unspecified atom stereocenters. The first kappa shape index (κ1) is 19.0. The molecule has 3 amide bonds. The van der Waals surface area contributed by atoms with E-state index in [1.165, 1.54) is 6.08 Å². The van der Waals surface area contributed by atoms with Crippen molar-refractivity contribution in [2.75, 3.05) is 23.8 Å². The molecule has 1 aliphatic rings. The fraction of sp³-hybridized carbons (Fsp3) is 0.353. The summed E-state index contributed by atoms with van der Waals surface area (Å²) in [6.07, 6.45) is 3.33. The van der Waals surface area contributed by atoms with Crippen molar-refractivity contribution in [1.82, 2.24) is 4.90 Å². The number of β-amino-alcohol motifs (C(OH)–C–C–N with tert-alkyl or cyclic N) is 1. The van der Waals surface area contributed by atoms with E-state index in [1.807, 2.05) is 6.92 Å². The van der Waals surface area contributed by atoms with Gasteiger partial charge in [0.25, 0.3) is 11.8 Å². The molecule has 0 bridgehead atoms. The van der Waals surface area contributed by atoms with E-state index < -0.39 is 11.8 Å². The lowest BCUT2D eigenvalue weighted by Crippen LogP contribution is -2.34. The number of hydrogen-bond donors (Lipinski definition) is 3. The Kier molecular flexibility index (Phi) is 6.55. The molecule has 7 nitrogen and oxygen atoms in total. The molecule has 25 heavy (non-hydrogen) atoms. The molecule has 0 saturated carbocycles. The van der Waals surface area contributed by atoms with E-state index in [9.17, 15) is 14.4 Å². The summed E-state index contributed by atoms with van der Waals surface area (Å²) in [5, 5.41) is 14.8. The molecule has 1 aromatic rings. The van der Waals surface area contributed by atoms with Gasteiger partial charge in [0.2, 0.25) is 5.91 Å². The summed E-state index contributed by atoms with van der Waals surface area (Å²) < 4.78 is 0. The minimum absolute atomic E-state index is 0.0527. The van der Waals surface area contributed by atoms with E-state index in [0.29, 0.717) is 22.8 Å². The Labute approximate surface area is 150 Å². The van der Waals surface area contributed by atoms with Crippen LogP contribution in [0.25, 0.3) is 0 Å². The number of halogens is 1. The number of rotatable bonds is 8. The van der Waals surface area contributed by atoms with E-state index in [1.54, 1.807) is 18.2 Å². The minimum atomic E-state index is -0.507. The third-order valence-electron chi connectivity index (χ3n) is 3.61. The molecule has 2 rings (SSSR count). The van der Waals surface area contributed by atoms with Gasteiger partial charge in [0.05, 0.1) is 23.9 Å². The Bertz CT molecular complexity index is 718. The topological polar surface area (TPSA) is 98.7 Å². The highest BCUT2D eigenvalue weighted by Gasteiger charge is 2.30. The number of nitrogens with one attached hydrogen (secondary N) is 2. The predicted octanol–water partition coefficient (Wildman–Crippen LogP) is 2.13. The predicted molar refractivity (Wildman–Crippen MR) is 95.1 cm³/mol. The molecule has 1 heterocycles. The van der Waals surface area contributed by atoms with Crippen LogP contribution in [0.15, 0.2) is 30.0 Å². The molecular weight excluding hydrogens is 346 g/mol. The maximum Gasteiger partial charge on any atom is 0.277 e. The Balaban J connectivity index is 2.04.